The predicted octanol–water partition coefficient (Wildman–Crippen LogP) is 3.30. The number of hydrogen-bond donors (Lipinski definition) is 1. The van der Waals surface area contributed by atoms with E-state index in [0.29, 0.717) is 22.8 Å². The molecule has 0 fully saturated rings. The number of aromatic nitrogens is 1. The zero-order valence-electron chi connectivity index (χ0n) is 12.8. The zero-order chi connectivity index (χ0) is 15.9. The summed E-state index contributed by atoms with van der Waals surface area (Å²) in [6.07, 6.45) is 4.70. The third-order valence-corrected chi connectivity index (χ3v) is 3.03. The normalized spacial score (nSPS) is 11.0. The van der Waals surface area contributed by atoms with E-state index in [0.717, 1.165) is 5.69 Å². The van der Waals surface area contributed by atoms with Crippen LogP contribution in [0.1, 0.15) is 17.3 Å². The summed E-state index contributed by atoms with van der Waals surface area (Å²) in [4.78, 5) is 16.1. The van der Waals surface area contributed by atoms with Crippen LogP contribution in [0.4, 0.5) is 5.69 Å². The van der Waals surface area contributed by atoms with Crippen LogP contribution in [-0.4, -0.2) is 25.0 Å². The Morgan fingerprint density at radius 1 is 1.23 bits per heavy atom. The van der Waals surface area contributed by atoms with Gasteiger partial charge in [-0.2, -0.15) is 0 Å². The summed E-state index contributed by atoms with van der Waals surface area (Å²) in [6, 6.07) is 8.88. The molecule has 0 aliphatic heterocycles. The number of carbonyl (C=O) groups excluding carboxylic acids is 1. The van der Waals surface area contributed by atoms with Crippen molar-refractivity contribution in [2.75, 3.05) is 19.5 Å². The second kappa shape index (κ2) is 7.26. The minimum Gasteiger partial charge on any atom is -0.497 e. The van der Waals surface area contributed by atoms with Crippen LogP contribution in [0.2, 0.25) is 0 Å². The molecule has 2 aromatic rings. The van der Waals surface area contributed by atoms with Crippen molar-refractivity contribution < 1.29 is 14.3 Å². The van der Waals surface area contributed by atoms with Crippen LogP contribution >= 0.6 is 0 Å². The van der Waals surface area contributed by atoms with Gasteiger partial charge in [0.15, 0.2) is 5.78 Å². The molecule has 0 amide bonds. The fraction of sp³-hybridized carbons (Fsp3) is 0.176. The fourth-order valence-corrected chi connectivity index (χ4v) is 1.95. The smallest absolute Gasteiger partial charge is 0.189 e. The third kappa shape index (κ3) is 3.85. The van der Waals surface area contributed by atoms with Crippen molar-refractivity contribution in [2.45, 2.75) is 6.92 Å². The van der Waals surface area contributed by atoms with E-state index in [9.17, 15) is 4.79 Å². The number of hydrogen-bond acceptors (Lipinski definition) is 5. The summed E-state index contributed by atoms with van der Waals surface area (Å²) in [6.45, 7) is 1.81. The molecule has 0 bridgehead atoms. The van der Waals surface area contributed by atoms with E-state index in [4.69, 9.17) is 9.47 Å². The summed E-state index contributed by atoms with van der Waals surface area (Å²) < 4.78 is 10.5. The molecule has 1 N–H and O–H groups in total. The average molecular weight is 298 g/mol. The SMILES string of the molecule is COc1ccc(OC)c(N/C(C)=C/C(=O)c2cccnc2)c1. The first-order valence-electron chi connectivity index (χ1n) is 6.75. The zero-order valence-corrected chi connectivity index (χ0v) is 12.8. The lowest BCUT2D eigenvalue weighted by Crippen LogP contribution is -2.03. The first-order valence-corrected chi connectivity index (χ1v) is 6.75. The van der Waals surface area contributed by atoms with Crippen molar-refractivity contribution in [1.82, 2.24) is 4.98 Å². The molecular formula is C17H18N2O3. The number of allylic oxidation sites excluding steroid dienone is 2. The predicted molar refractivity (Wildman–Crippen MR) is 85.5 cm³/mol. The molecule has 0 saturated heterocycles. The minimum atomic E-state index is -0.111. The van der Waals surface area contributed by atoms with Gasteiger partial charge in [0, 0.05) is 35.8 Å². The molecule has 2 rings (SSSR count). The maximum atomic E-state index is 12.1. The number of benzene rings is 1. The van der Waals surface area contributed by atoms with E-state index in [-0.39, 0.29) is 5.78 Å². The Morgan fingerprint density at radius 3 is 2.68 bits per heavy atom. The summed E-state index contributed by atoms with van der Waals surface area (Å²) in [5.74, 6) is 1.26. The lowest BCUT2D eigenvalue weighted by atomic mass is 10.1. The van der Waals surface area contributed by atoms with Crippen molar-refractivity contribution in [2.24, 2.45) is 0 Å². The average Bonchev–Trinajstić information content (AvgIpc) is 2.55. The fourth-order valence-electron chi connectivity index (χ4n) is 1.95. The highest BCUT2D eigenvalue weighted by molar-refractivity contribution is 6.04. The molecule has 1 heterocycles. The van der Waals surface area contributed by atoms with Gasteiger partial charge in [0.2, 0.25) is 0 Å². The molecule has 0 atom stereocenters. The molecular weight excluding hydrogens is 280 g/mol. The third-order valence-electron chi connectivity index (χ3n) is 3.03. The molecule has 0 saturated carbocycles. The van der Waals surface area contributed by atoms with Gasteiger partial charge in [-0.1, -0.05) is 0 Å². The van der Waals surface area contributed by atoms with E-state index in [1.807, 2.05) is 19.1 Å². The van der Waals surface area contributed by atoms with Crippen molar-refractivity contribution in [3.05, 3.63) is 60.1 Å². The van der Waals surface area contributed by atoms with E-state index >= 15 is 0 Å². The minimum absolute atomic E-state index is 0.111. The molecule has 0 unspecified atom stereocenters. The first kappa shape index (κ1) is 15.6. The van der Waals surface area contributed by atoms with Gasteiger partial charge in [-0.25, -0.2) is 0 Å². The summed E-state index contributed by atoms with van der Waals surface area (Å²) in [5, 5.41) is 3.15. The highest BCUT2D eigenvalue weighted by Crippen LogP contribution is 2.29. The number of anilines is 1. The Hall–Kier alpha value is -2.82. The Morgan fingerprint density at radius 2 is 2.05 bits per heavy atom. The molecule has 114 valence electrons. The van der Waals surface area contributed by atoms with E-state index in [2.05, 4.69) is 10.3 Å². The number of carbonyl (C=O) groups is 1. The van der Waals surface area contributed by atoms with Crippen LogP contribution in [0.5, 0.6) is 11.5 Å². The standard InChI is InChI=1S/C17H18N2O3/c1-12(9-16(20)13-5-4-8-18-11-13)19-15-10-14(21-2)6-7-17(15)22-3/h4-11,19H,1-3H3/b12-9+. The van der Waals surface area contributed by atoms with Gasteiger partial charge in [0.1, 0.15) is 11.5 Å². The van der Waals surface area contributed by atoms with Crippen LogP contribution < -0.4 is 14.8 Å². The molecule has 1 aromatic heterocycles. The lowest BCUT2D eigenvalue weighted by molar-refractivity contribution is 0.104. The van der Waals surface area contributed by atoms with Gasteiger partial charge < -0.3 is 14.8 Å². The lowest BCUT2D eigenvalue weighted by Gasteiger charge is -2.12. The highest BCUT2D eigenvalue weighted by atomic mass is 16.5. The van der Waals surface area contributed by atoms with Crippen molar-refractivity contribution in [3.63, 3.8) is 0 Å². The van der Waals surface area contributed by atoms with Crippen molar-refractivity contribution in [3.8, 4) is 11.5 Å². The molecule has 1 aromatic carbocycles. The monoisotopic (exact) mass is 298 g/mol. The first-order chi connectivity index (χ1) is 10.6. The summed E-state index contributed by atoms with van der Waals surface area (Å²) in [5.41, 5.74) is 1.97. The Balaban J connectivity index is 2.19. The van der Waals surface area contributed by atoms with E-state index < -0.39 is 0 Å². The number of methoxy groups -OCH3 is 2. The Kier molecular flexibility index (Phi) is 5.14. The van der Waals surface area contributed by atoms with Gasteiger partial charge >= 0.3 is 0 Å². The van der Waals surface area contributed by atoms with Crippen LogP contribution in [0.3, 0.4) is 0 Å². The Bertz CT molecular complexity index is 682. The largest absolute Gasteiger partial charge is 0.497 e. The van der Waals surface area contributed by atoms with Gasteiger partial charge in [-0.05, 0) is 31.2 Å². The maximum absolute atomic E-state index is 12.1. The molecule has 5 nitrogen and oxygen atoms in total. The molecule has 5 heteroatoms. The number of rotatable bonds is 6. The Labute approximate surface area is 129 Å². The highest BCUT2D eigenvalue weighted by Gasteiger charge is 2.07. The van der Waals surface area contributed by atoms with Gasteiger partial charge in [0.05, 0.1) is 19.9 Å². The number of pyridine rings is 1. The van der Waals surface area contributed by atoms with Crippen LogP contribution in [-0.2, 0) is 0 Å². The molecule has 0 aliphatic rings. The molecule has 0 radical (unpaired) electrons. The van der Waals surface area contributed by atoms with Gasteiger partial charge in [0.25, 0.3) is 0 Å². The van der Waals surface area contributed by atoms with Crippen molar-refractivity contribution >= 4 is 11.5 Å². The van der Waals surface area contributed by atoms with E-state index in [1.165, 1.54) is 12.3 Å². The molecule has 22 heavy (non-hydrogen) atoms. The molecule has 0 spiro atoms. The number of nitrogens with one attached hydrogen (secondary N) is 1. The topological polar surface area (TPSA) is 60.5 Å². The number of ether oxygens (including phenoxy) is 2. The second-order valence-corrected chi connectivity index (χ2v) is 4.62. The summed E-state index contributed by atoms with van der Waals surface area (Å²) >= 11 is 0. The summed E-state index contributed by atoms with van der Waals surface area (Å²) in [7, 11) is 3.19. The van der Waals surface area contributed by atoms with Gasteiger partial charge in [-0.15, -0.1) is 0 Å². The van der Waals surface area contributed by atoms with Crippen LogP contribution in [0.15, 0.2) is 54.5 Å². The second-order valence-electron chi connectivity index (χ2n) is 4.62. The quantitative estimate of drug-likeness (QED) is 0.655. The number of ketones is 1. The molecule has 0 aliphatic carbocycles. The van der Waals surface area contributed by atoms with Gasteiger partial charge in [-0.3, -0.25) is 9.78 Å². The van der Waals surface area contributed by atoms with Crippen LogP contribution in [0.25, 0.3) is 0 Å². The van der Waals surface area contributed by atoms with Crippen LogP contribution in [0, 0.1) is 0 Å². The maximum Gasteiger partial charge on any atom is 0.189 e. The van der Waals surface area contributed by atoms with E-state index in [1.54, 1.807) is 38.6 Å². The van der Waals surface area contributed by atoms with Crippen molar-refractivity contribution in [1.29, 1.82) is 0 Å². The number of nitrogens with zero attached hydrogens (tertiary/aromatic N) is 1.